The van der Waals surface area contributed by atoms with Crippen LogP contribution in [0.15, 0.2) is 65.8 Å². The second kappa shape index (κ2) is 11.1. The van der Waals surface area contributed by atoms with Crippen LogP contribution in [0.3, 0.4) is 0 Å². The summed E-state index contributed by atoms with van der Waals surface area (Å²) in [6.07, 6.45) is 1.79. The van der Waals surface area contributed by atoms with E-state index in [1.807, 2.05) is 38.4 Å². The van der Waals surface area contributed by atoms with Gasteiger partial charge in [-0.25, -0.2) is 4.79 Å². The molecular weight excluding hydrogens is 472 g/mol. The summed E-state index contributed by atoms with van der Waals surface area (Å²) in [7, 11) is 5.30. The molecule has 2 aromatic carbocycles. The minimum atomic E-state index is -0.913. The number of aliphatic carboxylic acids is 1. The number of rotatable bonds is 9. The van der Waals surface area contributed by atoms with Crippen LogP contribution in [0, 0.1) is 0 Å². The number of fused-ring (bicyclic) bond motifs is 1. The van der Waals surface area contributed by atoms with Gasteiger partial charge in [-0.15, -0.1) is 0 Å². The minimum Gasteiger partial charge on any atom is -0.481 e. The van der Waals surface area contributed by atoms with Crippen molar-refractivity contribution >= 4 is 34.9 Å². The van der Waals surface area contributed by atoms with Gasteiger partial charge in [0.2, 0.25) is 5.91 Å². The van der Waals surface area contributed by atoms with Gasteiger partial charge in [0.05, 0.1) is 30.5 Å². The molecule has 190 valence electrons. The summed E-state index contributed by atoms with van der Waals surface area (Å²) in [4.78, 5) is 47.6. The van der Waals surface area contributed by atoms with E-state index in [4.69, 9.17) is 14.8 Å². The molecule has 0 saturated carbocycles. The average Bonchev–Trinajstić information content (AvgIpc) is 3.21. The van der Waals surface area contributed by atoms with E-state index in [0.717, 1.165) is 12.1 Å². The molecule has 1 aliphatic heterocycles. The predicted molar refractivity (Wildman–Crippen MR) is 139 cm³/mol. The number of ether oxygens (including phenoxy) is 1. The number of aliphatic imine (C=N–C) groups is 1. The Morgan fingerprint density at radius 3 is 2.51 bits per heavy atom. The molecule has 1 amide bonds. The molecule has 37 heavy (non-hydrogen) atoms. The predicted octanol–water partition coefficient (Wildman–Crippen LogP) is 3.80. The van der Waals surface area contributed by atoms with E-state index < -0.39 is 17.9 Å². The SMILES string of the molecule is COC(=O)c1ccc2c(c1)NC(=O)C2C(=Nc1ccc(CN(C)C)cc1)c1ccnc(CCC(=O)O)c1. The maximum Gasteiger partial charge on any atom is 0.337 e. The number of methoxy groups -OCH3 is 1. The highest BCUT2D eigenvalue weighted by atomic mass is 16.5. The highest BCUT2D eigenvalue weighted by Gasteiger charge is 2.36. The van der Waals surface area contributed by atoms with Crippen molar-refractivity contribution in [1.29, 1.82) is 0 Å². The molecule has 0 radical (unpaired) electrons. The minimum absolute atomic E-state index is 0.0562. The van der Waals surface area contributed by atoms with Crippen LogP contribution >= 0.6 is 0 Å². The van der Waals surface area contributed by atoms with Crippen LogP contribution in [0.4, 0.5) is 11.4 Å². The number of anilines is 1. The lowest BCUT2D eigenvalue weighted by Gasteiger charge is -2.15. The standard InChI is InChI=1S/C28H28N4O5/c1-32(2)16-17-4-7-20(8-5-17)30-26(18-12-13-29-21(14-18)9-11-24(33)34)25-22-10-6-19(28(36)37-3)15-23(22)31-27(25)35/h4-8,10,12-15,25H,9,11,16H2,1-3H3,(H,31,35)(H,33,34). The number of hydrogen-bond donors (Lipinski definition) is 2. The van der Waals surface area contributed by atoms with Crippen LogP contribution in [0.2, 0.25) is 0 Å². The summed E-state index contributed by atoms with van der Waals surface area (Å²) in [6.45, 7) is 0.787. The first-order valence-corrected chi connectivity index (χ1v) is 11.8. The van der Waals surface area contributed by atoms with Gasteiger partial charge >= 0.3 is 11.9 Å². The quantitative estimate of drug-likeness (QED) is 0.339. The molecule has 0 spiro atoms. The third-order valence-corrected chi connectivity index (χ3v) is 5.97. The zero-order valence-electron chi connectivity index (χ0n) is 20.9. The molecule has 4 rings (SSSR count). The zero-order chi connectivity index (χ0) is 26.5. The van der Waals surface area contributed by atoms with E-state index >= 15 is 0 Å². The van der Waals surface area contributed by atoms with Gasteiger partial charge in [-0.3, -0.25) is 19.6 Å². The highest BCUT2D eigenvalue weighted by molar-refractivity contribution is 6.24. The number of carboxylic acid groups (broad SMARTS) is 1. The summed E-state index contributed by atoms with van der Waals surface area (Å²) in [6, 6.07) is 16.3. The number of hydrogen-bond acceptors (Lipinski definition) is 7. The number of pyridine rings is 1. The van der Waals surface area contributed by atoms with Crippen molar-refractivity contribution in [2.24, 2.45) is 4.99 Å². The molecule has 1 atom stereocenters. The Hall–Kier alpha value is -4.37. The fraction of sp³-hybridized carbons (Fsp3) is 0.250. The molecule has 3 aromatic rings. The molecule has 0 fully saturated rings. The van der Waals surface area contributed by atoms with Crippen molar-refractivity contribution in [3.8, 4) is 0 Å². The topological polar surface area (TPSA) is 121 Å². The summed E-state index contributed by atoms with van der Waals surface area (Å²) in [5.41, 5.74) is 5.10. The summed E-state index contributed by atoms with van der Waals surface area (Å²) in [5.74, 6) is -2.42. The number of esters is 1. The van der Waals surface area contributed by atoms with Crippen molar-refractivity contribution in [2.75, 3.05) is 26.5 Å². The lowest BCUT2D eigenvalue weighted by Crippen LogP contribution is -2.22. The van der Waals surface area contributed by atoms with Crippen molar-refractivity contribution in [3.05, 3.63) is 88.7 Å². The molecule has 0 aliphatic carbocycles. The Morgan fingerprint density at radius 2 is 1.84 bits per heavy atom. The molecule has 9 nitrogen and oxygen atoms in total. The Bertz CT molecular complexity index is 1370. The Kier molecular flexibility index (Phi) is 7.74. The number of aromatic nitrogens is 1. The molecular formula is C28H28N4O5. The van der Waals surface area contributed by atoms with Gasteiger partial charge in [0, 0.05) is 36.1 Å². The molecule has 2 heterocycles. The first kappa shape index (κ1) is 25.7. The van der Waals surface area contributed by atoms with E-state index in [-0.39, 0.29) is 18.7 Å². The fourth-order valence-electron chi connectivity index (χ4n) is 4.26. The van der Waals surface area contributed by atoms with Gasteiger partial charge in [-0.2, -0.15) is 0 Å². The number of benzene rings is 2. The van der Waals surface area contributed by atoms with E-state index in [0.29, 0.717) is 39.5 Å². The Labute approximate surface area is 214 Å². The van der Waals surface area contributed by atoms with Gasteiger partial charge in [-0.05, 0) is 61.6 Å². The summed E-state index contributed by atoms with van der Waals surface area (Å²) < 4.78 is 4.80. The second-order valence-corrected chi connectivity index (χ2v) is 9.05. The molecule has 1 aliphatic rings. The normalized spacial score (nSPS) is 14.9. The van der Waals surface area contributed by atoms with Gasteiger partial charge < -0.3 is 20.1 Å². The summed E-state index contributed by atoms with van der Waals surface area (Å²) in [5, 5.41) is 11.9. The van der Waals surface area contributed by atoms with Crippen LogP contribution in [0.25, 0.3) is 0 Å². The number of nitrogens with one attached hydrogen (secondary N) is 1. The fourth-order valence-corrected chi connectivity index (χ4v) is 4.26. The maximum atomic E-state index is 13.3. The second-order valence-electron chi connectivity index (χ2n) is 9.05. The molecule has 1 unspecified atom stereocenters. The number of nitrogens with zero attached hydrogens (tertiary/aromatic N) is 3. The van der Waals surface area contributed by atoms with Crippen LogP contribution in [-0.2, 0) is 27.3 Å². The average molecular weight is 501 g/mol. The van der Waals surface area contributed by atoms with E-state index in [1.165, 1.54) is 7.11 Å². The molecule has 0 bridgehead atoms. The summed E-state index contributed by atoms with van der Waals surface area (Å²) >= 11 is 0. The van der Waals surface area contributed by atoms with Crippen LogP contribution in [0.5, 0.6) is 0 Å². The Morgan fingerprint density at radius 1 is 1.08 bits per heavy atom. The number of amides is 1. The first-order valence-electron chi connectivity index (χ1n) is 11.8. The molecule has 2 N–H and O–H groups in total. The maximum absolute atomic E-state index is 13.3. The number of carbonyl (C=O) groups excluding carboxylic acids is 2. The number of carboxylic acids is 1. The van der Waals surface area contributed by atoms with E-state index in [9.17, 15) is 14.4 Å². The van der Waals surface area contributed by atoms with Gasteiger partial charge in [0.25, 0.3) is 0 Å². The Balaban J connectivity index is 1.79. The van der Waals surface area contributed by atoms with Gasteiger partial charge in [0.15, 0.2) is 0 Å². The van der Waals surface area contributed by atoms with Crippen LogP contribution in [-0.4, -0.2) is 59.8 Å². The molecule has 0 saturated heterocycles. The largest absolute Gasteiger partial charge is 0.481 e. The van der Waals surface area contributed by atoms with E-state index in [1.54, 1.807) is 36.5 Å². The van der Waals surface area contributed by atoms with Crippen molar-refractivity contribution in [2.45, 2.75) is 25.3 Å². The number of aryl methyl sites for hydroxylation is 1. The van der Waals surface area contributed by atoms with Crippen molar-refractivity contribution in [3.63, 3.8) is 0 Å². The number of carbonyl (C=O) groups is 3. The highest BCUT2D eigenvalue weighted by Crippen LogP contribution is 2.37. The smallest absolute Gasteiger partial charge is 0.337 e. The van der Waals surface area contributed by atoms with Gasteiger partial charge in [0.1, 0.15) is 5.92 Å². The molecule has 9 heteroatoms. The lowest BCUT2D eigenvalue weighted by molar-refractivity contribution is -0.137. The lowest BCUT2D eigenvalue weighted by atomic mass is 9.90. The van der Waals surface area contributed by atoms with Crippen LogP contribution < -0.4 is 5.32 Å². The zero-order valence-corrected chi connectivity index (χ0v) is 20.9. The third kappa shape index (κ3) is 6.07. The first-order chi connectivity index (χ1) is 17.7. The van der Waals surface area contributed by atoms with Gasteiger partial charge in [-0.1, -0.05) is 18.2 Å². The van der Waals surface area contributed by atoms with Crippen molar-refractivity contribution < 1.29 is 24.2 Å². The monoisotopic (exact) mass is 500 g/mol. The van der Waals surface area contributed by atoms with Crippen LogP contribution in [0.1, 0.15) is 45.1 Å². The van der Waals surface area contributed by atoms with Crippen molar-refractivity contribution in [1.82, 2.24) is 9.88 Å². The van der Waals surface area contributed by atoms with E-state index in [2.05, 4.69) is 15.2 Å². The molecule has 1 aromatic heterocycles. The third-order valence-electron chi connectivity index (χ3n) is 5.97.